The number of fused-ring (bicyclic) bond motifs is 1. The lowest BCUT2D eigenvalue weighted by atomic mass is 9.86. The molecule has 0 atom stereocenters. The molecule has 3 aromatic rings. The largest absolute Gasteiger partial charge is 0.348 e. The molecule has 0 unspecified atom stereocenters. The molecule has 0 radical (unpaired) electrons. The number of rotatable bonds is 5. The summed E-state index contributed by atoms with van der Waals surface area (Å²) in [5.41, 5.74) is 0.300. The quantitative estimate of drug-likeness (QED) is 0.406. The standard InChI is InChI=1S/C25H19BrClF3N2O2/c1-25(2)17-7-6-13(23(33)31-11-15-20(29)9-14(26)10-21(15)30)8-22(17)32(24(25)34)12-16-18(27)4-3-5-19(16)28/h3-10H,11-12H2,1-2H3,(H,31,33). The molecule has 4 nitrogen and oxygen atoms in total. The lowest BCUT2D eigenvalue weighted by Gasteiger charge is -2.21. The molecule has 0 aromatic heterocycles. The Morgan fingerprint density at radius 1 is 1.03 bits per heavy atom. The van der Waals surface area contributed by atoms with Crippen molar-refractivity contribution < 1.29 is 22.8 Å². The number of benzene rings is 3. The number of nitrogens with zero attached hydrogens (tertiary/aromatic N) is 1. The maximum atomic E-state index is 14.4. The summed E-state index contributed by atoms with van der Waals surface area (Å²) in [6, 6.07) is 11.2. The number of nitrogens with one attached hydrogen (secondary N) is 1. The Balaban J connectivity index is 1.63. The molecule has 0 aliphatic carbocycles. The van der Waals surface area contributed by atoms with E-state index in [2.05, 4.69) is 21.2 Å². The highest BCUT2D eigenvalue weighted by molar-refractivity contribution is 9.10. The van der Waals surface area contributed by atoms with Crippen LogP contribution in [0.15, 0.2) is 53.0 Å². The smallest absolute Gasteiger partial charge is 0.251 e. The van der Waals surface area contributed by atoms with E-state index in [1.165, 1.54) is 35.2 Å². The number of carbonyl (C=O) groups is 2. The Labute approximate surface area is 207 Å². The van der Waals surface area contributed by atoms with Gasteiger partial charge in [-0.25, -0.2) is 13.2 Å². The van der Waals surface area contributed by atoms with Crippen molar-refractivity contribution in [3.63, 3.8) is 0 Å². The Hall–Kier alpha value is -2.84. The zero-order valence-electron chi connectivity index (χ0n) is 18.2. The van der Waals surface area contributed by atoms with Gasteiger partial charge >= 0.3 is 0 Å². The highest BCUT2D eigenvalue weighted by Gasteiger charge is 2.44. The van der Waals surface area contributed by atoms with E-state index in [1.54, 1.807) is 19.9 Å². The molecule has 1 aliphatic rings. The predicted molar refractivity (Wildman–Crippen MR) is 127 cm³/mol. The van der Waals surface area contributed by atoms with Gasteiger partial charge in [-0.2, -0.15) is 0 Å². The van der Waals surface area contributed by atoms with E-state index < -0.39 is 28.8 Å². The van der Waals surface area contributed by atoms with Crippen LogP contribution >= 0.6 is 27.5 Å². The van der Waals surface area contributed by atoms with Crippen LogP contribution in [0.3, 0.4) is 0 Å². The lowest BCUT2D eigenvalue weighted by Crippen LogP contribution is -2.36. The SMILES string of the molecule is CC1(C)C(=O)N(Cc2c(F)cccc2Cl)c2cc(C(=O)NCc3c(F)cc(Br)cc3F)ccc21. The fraction of sp³-hybridized carbons (Fsp3) is 0.200. The molecule has 1 N–H and O–H groups in total. The molecule has 2 amide bonds. The first-order chi connectivity index (χ1) is 16.0. The lowest BCUT2D eigenvalue weighted by molar-refractivity contribution is -0.122. The molecule has 0 fully saturated rings. The molecular formula is C25H19BrClF3N2O2. The summed E-state index contributed by atoms with van der Waals surface area (Å²) < 4.78 is 42.8. The molecule has 0 saturated heterocycles. The van der Waals surface area contributed by atoms with Crippen LogP contribution in [-0.2, 0) is 23.3 Å². The third-order valence-corrected chi connectivity index (χ3v) is 6.73. The number of carbonyl (C=O) groups excluding carboxylic acids is 2. The van der Waals surface area contributed by atoms with Crippen molar-refractivity contribution in [3.05, 3.63) is 97.7 Å². The number of halogens is 5. The molecule has 34 heavy (non-hydrogen) atoms. The molecule has 0 bridgehead atoms. The molecule has 1 heterocycles. The molecule has 0 saturated carbocycles. The van der Waals surface area contributed by atoms with Crippen LogP contribution in [0, 0.1) is 17.5 Å². The second kappa shape index (κ2) is 9.07. The summed E-state index contributed by atoms with van der Waals surface area (Å²) in [7, 11) is 0. The van der Waals surface area contributed by atoms with Gasteiger partial charge in [-0.3, -0.25) is 9.59 Å². The maximum Gasteiger partial charge on any atom is 0.251 e. The van der Waals surface area contributed by atoms with Crippen LogP contribution in [0.2, 0.25) is 5.02 Å². The summed E-state index contributed by atoms with van der Waals surface area (Å²) in [6.45, 7) is 3.02. The first-order valence-corrected chi connectivity index (χ1v) is 11.5. The van der Waals surface area contributed by atoms with Gasteiger partial charge in [0.15, 0.2) is 0 Å². The third kappa shape index (κ3) is 4.32. The van der Waals surface area contributed by atoms with Gasteiger partial charge in [0.2, 0.25) is 5.91 Å². The number of hydrogen-bond acceptors (Lipinski definition) is 2. The van der Waals surface area contributed by atoms with Crippen LogP contribution in [-0.4, -0.2) is 11.8 Å². The molecule has 3 aromatic carbocycles. The fourth-order valence-corrected chi connectivity index (χ4v) is 4.62. The van der Waals surface area contributed by atoms with Crippen LogP contribution in [0.5, 0.6) is 0 Å². The highest BCUT2D eigenvalue weighted by atomic mass is 79.9. The van der Waals surface area contributed by atoms with Crippen molar-refractivity contribution in [2.75, 3.05) is 4.90 Å². The summed E-state index contributed by atoms with van der Waals surface area (Å²) in [5, 5.41) is 2.69. The topological polar surface area (TPSA) is 49.4 Å². The summed E-state index contributed by atoms with van der Waals surface area (Å²) >= 11 is 9.18. The summed E-state index contributed by atoms with van der Waals surface area (Å²) in [4.78, 5) is 27.3. The van der Waals surface area contributed by atoms with Crippen LogP contribution in [0.1, 0.15) is 40.9 Å². The van der Waals surface area contributed by atoms with Crippen molar-refractivity contribution in [1.82, 2.24) is 5.32 Å². The molecule has 1 aliphatic heterocycles. The van der Waals surface area contributed by atoms with E-state index in [1.807, 2.05) is 0 Å². The van der Waals surface area contributed by atoms with Crippen molar-refractivity contribution in [2.45, 2.75) is 32.4 Å². The first-order valence-electron chi connectivity index (χ1n) is 10.3. The van der Waals surface area contributed by atoms with E-state index in [4.69, 9.17) is 11.6 Å². The van der Waals surface area contributed by atoms with Crippen LogP contribution in [0.25, 0.3) is 0 Å². The van der Waals surface area contributed by atoms with Crippen LogP contribution in [0.4, 0.5) is 18.9 Å². The first kappa shape index (κ1) is 24.3. The van der Waals surface area contributed by atoms with Crippen molar-refractivity contribution in [3.8, 4) is 0 Å². The van der Waals surface area contributed by atoms with E-state index in [0.29, 0.717) is 11.3 Å². The minimum atomic E-state index is -0.897. The van der Waals surface area contributed by atoms with Crippen molar-refractivity contribution in [2.24, 2.45) is 0 Å². The van der Waals surface area contributed by atoms with Gasteiger partial charge in [-0.05, 0) is 55.8 Å². The Bertz CT molecular complexity index is 1290. The monoisotopic (exact) mass is 550 g/mol. The summed E-state index contributed by atoms with van der Waals surface area (Å²) in [5.74, 6) is -2.97. The molecular weight excluding hydrogens is 533 g/mol. The van der Waals surface area contributed by atoms with Crippen LogP contribution < -0.4 is 10.2 Å². The van der Waals surface area contributed by atoms with E-state index in [0.717, 1.165) is 12.1 Å². The highest BCUT2D eigenvalue weighted by Crippen LogP contribution is 2.43. The van der Waals surface area contributed by atoms with Crippen molar-refractivity contribution in [1.29, 1.82) is 0 Å². The van der Waals surface area contributed by atoms with Crippen molar-refractivity contribution >= 4 is 45.0 Å². The average Bonchev–Trinajstić information content (AvgIpc) is 2.95. The average molecular weight is 552 g/mol. The van der Waals surface area contributed by atoms with Gasteiger partial charge in [-0.1, -0.05) is 39.7 Å². The third-order valence-electron chi connectivity index (χ3n) is 5.91. The molecule has 176 valence electrons. The second-order valence-corrected chi connectivity index (χ2v) is 9.80. The number of hydrogen-bond donors (Lipinski definition) is 1. The van der Waals surface area contributed by atoms with Gasteiger partial charge in [0, 0.05) is 38.4 Å². The van der Waals surface area contributed by atoms with Gasteiger partial charge in [0.25, 0.3) is 5.91 Å². The van der Waals surface area contributed by atoms with E-state index in [9.17, 15) is 22.8 Å². The Kier molecular flexibility index (Phi) is 6.48. The van der Waals surface area contributed by atoms with E-state index in [-0.39, 0.29) is 45.2 Å². The van der Waals surface area contributed by atoms with Gasteiger partial charge in [0.05, 0.1) is 12.0 Å². The van der Waals surface area contributed by atoms with Gasteiger partial charge < -0.3 is 10.2 Å². The zero-order valence-corrected chi connectivity index (χ0v) is 20.5. The molecule has 9 heteroatoms. The summed E-state index contributed by atoms with van der Waals surface area (Å²) in [6.07, 6.45) is 0. The Morgan fingerprint density at radius 2 is 1.71 bits per heavy atom. The minimum Gasteiger partial charge on any atom is -0.348 e. The number of amides is 2. The Morgan fingerprint density at radius 3 is 2.35 bits per heavy atom. The predicted octanol–water partition coefficient (Wildman–Crippen LogP) is 6.27. The minimum absolute atomic E-state index is 0.110. The zero-order chi connectivity index (χ0) is 24.8. The normalized spacial score (nSPS) is 14.3. The second-order valence-electron chi connectivity index (χ2n) is 8.48. The van der Waals surface area contributed by atoms with Gasteiger partial charge in [0.1, 0.15) is 17.5 Å². The molecule has 4 rings (SSSR count). The van der Waals surface area contributed by atoms with Gasteiger partial charge in [-0.15, -0.1) is 0 Å². The van der Waals surface area contributed by atoms with E-state index >= 15 is 0 Å². The fourth-order valence-electron chi connectivity index (χ4n) is 4.00. The molecule has 0 spiro atoms. The maximum absolute atomic E-state index is 14.4. The number of anilines is 1.